The number of benzene rings is 1. The number of ether oxygens (including phenoxy) is 1. The molecule has 4 rings (SSSR count). The maximum Gasteiger partial charge on any atom is 0.230 e. The monoisotopic (exact) mass is 398 g/mol. The Bertz CT molecular complexity index is 739. The Kier molecular flexibility index (Phi) is 5.95. The summed E-state index contributed by atoms with van der Waals surface area (Å²) in [7, 11) is 0. The fourth-order valence-electron chi connectivity index (χ4n) is 5.17. The zero-order valence-electron chi connectivity index (χ0n) is 17.9. The molecule has 0 N–H and O–H groups in total. The van der Waals surface area contributed by atoms with Crippen LogP contribution in [0.25, 0.3) is 0 Å². The Hall–Kier alpha value is -1.88. The summed E-state index contributed by atoms with van der Waals surface area (Å²) in [4.78, 5) is 30.4. The molecule has 29 heavy (non-hydrogen) atoms. The third-order valence-corrected chi connectivity index (χ3v) is 7.08. The first kappa shape index (κ1) is 20.4. The average Bonchev–Trinajstić information content (AvgIpc) is 3.17. The van der Waals surface area contributed by atoms with Gasteiger partial charge in [0.2, 0.25) is 11.8 Å². The van der Waals surface area contributed by atoms with Crippen molar-refractivity contribution in [1.29, 1.82) is 0 Å². The van der Waals surface area contributed by atoms with Gasteiger partial charge in [0, 0.05) is 45.3 Å². The highest BCUT2D eigenvalue weighted by Crippen LogP contribution is 2.41. The van der Waals surface area contributed by atoms with Gasteiger partial charge in [-0.25, -0.2) is 0 Å². The van der Waals surface area contributed by atoms with Crippen molar-refractivity contribution in [3.8, 4) is 0 Å². The van der Waals surface area contributed by atoms with Crippen LogP contribution in [0.4, 0.5) is 0 Å². The van der Waals surface area contributed by atoms with Gasteiger partial charge in [-0.1, -0.05) is 38.1 Å². The van der Waals surface area contributed by atoms with Gasteiger partial charge in [0.25, 0.3) is 0 Å². The number of likely N-dealkylation sites (tertiary alicyclic amines) is 2. The fourth-order valence-corrected chi connectivity index (χ4v) is 5.17. The van der Waals surface area contributed by atoms with E-state index < -0.39 is 0 Å². The molecule has 0 radical (unpaired) electrons. The third kappa shape index (κ3) is 4.20. The van der Waals surface area contributed by atoms with Crippen molar-refractivity contribution in [1.82, 2.24) is 9.80 Å². The number of piperidine rings is 1. The van der Waals surface area contributed by atoms with E-state index >= 15 is 0 Å². The van der Waals surface area contributed by atoms with E-state index in [1.165, 1.54) is 11.1 Å². The lowest BCUT2D eigenvalue weighted by Crippen LogP contribution is -2.50. The van der Waals surface area contributed by atoms with Crippen molar-refractivity contribution >= 4 is 11.8 Å². The molecular weight excluding hydrogens is 364 g/mol. The van der Waals surface area contributed by atoms with Crippen LogP contribution in [0.3, 0.4) is 0 Å². The minimum absolute atomic E-state index is 0.0770. The van der Waals surface area contributed by atoms with E-state index in [4.69, 9.17) is 4.74 Å². The van der Waals surface area contributed by atoms with E-state index in [0.29, 0.717) is 32.2 Å². The molecular formula is C24H34N2O3. The molecule has 3 fully saturated rings. The van der Waals surface area contributed by atoms with E-state index in [0.717, 1.165) is 45.2 Å². The third-order valence-electron chi connectivity index (χ3n) is 7.08. The van der Waals surface area contributed by atoms with Crippen LogP contribution in [0.5, 0.6) is 0 Å². The second-order valence-electron chi connectivity index (χ2n) is 9.40. The van der Waals surface area contributed by atoms with Crippen LogP contribution in [0.2, 0.25) is 0 Å². The number of carbonyl (C=O) groups excluding carboxylic acids is 2. The molecule has 5 nitrogen and oxygen atoms in total. The van der Waals surface area contributed by atoms with Gasteiger partial charge in [-0.2, -0.15) is 0 Å². The molecule has 1 aromatic carbocycles. The van der Waals surface area contributed by atoms with E-state index in [-0.39, 0.29) is 23.1 Å². The van der Waals surface area contributed by atoms with Gasteiger partial charge in [-0.05, 0) is 49.1 Å². The zero-order valence-corrected chi connectivity index (χ0v) is 17.9. The fraction of sp³-hybridized carbons (Fsp3) is 0.667. The number of amides is 2. The molecule has 158 valence electrons. The molecule has 2 amide bonds. The molecule has 0 bridgehead atoms. The first-order chi connectivity index (χ1) is 14.0. The first-order valence-corrected chi connectivity index (χ1v) is 11.2. The molecule has 1 unspecified atom stereocenters. The first-order valence-electron chi connectivity index (χ1n) is 11.2. The maximum atomic E-state index is 13.4. The number of hydrogen-bond donors (Lipinski definition) is 0. The molecule has 0 aromatic heterocycles. The number of nitrogens with zero attached hydrogens (tertiary/aromatic N) is 2. The summed E-state index contributed by atoms with van der Waals surface area (Å²) in [5.74, 6) is 1.08. The summed E-state index contributed by atoms with van der Waals surface area (Å²) in [5.41, 5.74) is 2.15. The SMILES string of the molecule is CC(C)c1ccc(CN2CCCC3(CCN(C(=O)C4CCOCC4)C3)C2=O)cc1. The maximum absolute atomic E-state index is 13.4. The topological polar surface area (TPSA) is 49.9 Å². The van der Waals surface area contributed by atoms with Gasteiger partial charge < -0.3 is 14.5 Å². The van der Waals surface area contributed by atoms with Gasteiger partial charge in [0.05, 0.1) is 5.41 Å². The number of rotatable bonds is 4. The summed E-state index contributed by atoms with van der Waals surface area (Å²) < 4.78 is 5.40. The molecule has 1 spiro atoms. The van der Waals surface area contributed by atoms with Gasteiger partial charge in [0.1, 0.15) is 0 Å². The van der Waals surface area contributed by atoms with Gasteiger partial charge in [-0.3, -0.25) is 9.59 Å². The molecule has 3 heterocycles. The number of carbonyl (C=O) groups is 2. The molecule has 3 aliphatic heterocycles. The minimum Gasteiger partial charge on any atom is -0.381 e. The van der Waals surface area contributed by atoms with Gasteiger partial charge in [-0.15, -0.1) is 0 Å². The van der Waals surface area contributed by atoms with E-state index in [2.05, 4.69) is 38.1 Å². The summed E-state index contributed by atoms with van der Waals surface area (Å²) >= 11 is 0. The van der Waals surface area contributed by atoms with Gasteiger partial charge >= 0.3 is 0 Å². The standard InChI is InChI=1S/C24H34N2O3/c1-18(2)20-6-4-19(5-7-20)16-25-12-3-10-24(23(25)28)11-13-26(17-24)22(27)21-8-14-29-15-9-21/h4-7,18,21H,3,8-17H2,1-2H3. The molecule has 5 heteroatoms. The Labute approximate surface area is 174 Å². The second-order valence-corrected chi connectivity index (χ2v) is 9.40. The Morgan fingerprint density at radius 3 is 2.55 bits per heavy atom. The normalized spacial score (nSPS) is 26.0. The van der Waals surface area contributed by atoms with E-state index in [1.54, 1.807) is 0 Å². The van der Waals surface area contributed by atoms with Crippen molar-refractivity contribution in [2.24, 2.45) is 11.3 Å². The van der Waals surface area contributed by atoms with Crippen LogP contribution in [0.15, 0.2) is 24.3 Å². The quantitative estimate of drug-likeness (QED) is 0.779. The van der Waals surface area contributed by atoms with E-state index in [9.17, 15) is 9.59 Å². The van der Waals surface area contributed by atoms with Crippen LogP contribution < -0.4 is 0 Å². The average molecular weight is 399 g/mol. The molecule has 1 atom stereocenters. The highest BCUT2D eigenvalue weighted by molar-refractivity contribution is 5.86. The number of hydrogen-bond acceptors (Lipinski definition) is 3. The van der Waals surface area contributed by atoms with Crippen molar-refractivity contribution in [2.45, 2.75) is 58.4 Å². The lowest BCUT2D eigenvalue weighted by atomic mass is 9.78. The molecule has 1 aromatic rings. The Morgan fingerprint density at radius 1 is 1.14 bits per heavy atom. The molecule has 0 saturated carbocycles. The summed E-state index contributed by atoms with van der Waals surface area (Å²) in [6.07, 6.45) is 4.37. The highest BCUT2D eigenvalue weighted by atomic mass is 16.5. The van der Waals surface area contributed by atoms with Gasteiger partial charge in [0.15, 0.2) is 0 Å². The Balaban J connectivity index is 1.41. The largest absolute Gasteiger partial charge is 0.381 e. The lowest BCUT2D eigenvalue weighted by Gasteiger charge is -2.39. The van der Waals surface area contributed by atoms with Crippen LogP contribution in [0, 0.1) is 11.3 Å². The van der Waals surface area contributed by atoms with Crippen LogP contribution in [-0.2, 0) is 20.9 Å². The Morgan fingerprint density at radius 2 is 1.86 bits per heavy atom. The van der Waals surface area contributed by atoms with Crippen LogP contribution >= 0.6 is 0 Å². The molecule has 3 aliphatic rings. The molecule has 0 aliphatic carbocycles. The van der Waals surface area contributed by atoms with Crippen LogP contribution in [-0.4, -0.2) is 54.5 Å². The predicted octanol–water partition coefficient (Wildman–Crippen LogP) is 3.58. The molecule has 3 saturated heterocycles. The summed E-state index contributed by atoms with van der Waals surface area (Å²) in [6.45, 7) is 8.56. The second kappa shape index (κ2) is 8.47. The minimum atomic E-state index is -0.364. The smallest absolute Gasteiger partial charge is 0.230 e. The van der Waals surface area contributed by atoms with Crippen molar-refractivity contribution < 1.29 is 14.3 Å². The van der Waals surface area contributed by atoms with Crippen LogP contribution in [0.1, 0.15) is 63.0 Å². The van der Waals surface area contributed by atoms with Crippen molar-refractivity contribution in [2.75, 3.05) is 32.8 Å². The zero-order chi connectivity index (χ0) is 20.4. The van der Waals surface area contributed by atoms with E-state index in [1.807, 2.05) is 9.80 Å². The summed E-state index contributed by atoms with van der Waals surface area (Å²) in [5, 5.41) is 0. The summed E-state index contributed by atoms with van der Waals surface area (Å²) in [6, 6.07) is 8.65. The van der Waals surface area contributed by atoms with Crippen molar-refractivity contribution in [3.63, 3.8) is 0 Å². The van der Waals surface area contributed by atoms with Crippen molar-refractivity contribution in [3.05, 3.63) is 35.4 Å². The predicted molar refractivity (Wildman–Crippen MR) is 112 cm³/mol. The highest BCUT2D eigenvalue weighted by Gasteiger charge is 2.49. The lowest BCUT2D eigenvalue weighted by molar-refractivity contribution is -0.147.